The fraction of sp³-hybridized carbons (Fsp3) is 0.800. The molecule has 86 valence electrons. The zero-order valence-electron chi connectivity index (χ0n) is 9.27. The summed E-state index contributed by atoms with van der Waals surface area (Å²) in [6.45, 7) is 3.47. The van der Waals surface area contributed by atoms with Crippen LogP contribution in [0.2, 0.25) is 0 Å². The minimum Gasteiger partial charge on any atom is -0.393 e. The average molecular weight is 214 g/mol. The Kier molecular flexibility index (Phi) is 4.08. The summed E-state index contributed by atoms with van der Waals surface area (Å²) in [4.78, 5) is 25.8. The predicted molar refractivity (Wildman–Crippen MR) is 55.1 cm³/mol. The molecule has 0 bridgehead atoms. The van der Waals surface area contributed by atoms with Crippen molar-refractivity contribution in [3.8, 4) is 0 Å². The Bertz CT molecular complexity index is 253. The van der Waals surface area contributed by atoms with E-state index in [2.05, 4.69) is 0 Å². The molecule has 5 nitrogen and oxygen atoms in total. The van der Waals surface area contributed by atoms with E-state index in [9.17, 15) is 9.59 Å². The number of carbonyl (C=O) groups is 2. The zero-order chi connectivity index (χ0) is 11.4. The van der Waals surface area contributed by atoms with Crippen LogP contribution in [0.3, 0.4) is 0 Å². The Morgan fingerprint density at radius 1 is 1.33 bits per heavy atom. The highest BCUT2D eigenvalue weighted by Crippen LogP contribution is 2.05. The van der Waals surface area contributed by atoms with Gasteiger partial charge in [0.25, 0.3) is 0 Å². The van der Waals surface area contributed by atoms with E-state index in [1.54, 1.807) is 18.9 Å². The molecule has 1 fully saturated rings. The van der Waals surface area contributed by atoms with Gasteiger partial charge in [-0.15, -0.1) is 0 Å². The number of rotatable bonds is 4. The van der Waals surface area contributed by atoms with Gasteiger partial charge in [-0.25, -0.2) is 0 Å². The second-order valence-corrected chi connectivity index (χ2v) is 4.01. The van der Waals surface area contributed by atoms with Crippen LogP contribution in [0.5, 0.6) is 0 Å². The predicted octanol–water partition coefficient (Wildman–Crippen LogP) is -0.552. The van der Waals surface area contributed by atoms with Gasteiger partial charge >= 0.3 is 11.8 Å². The summed E-state index contributed by atoms with van der Waals surface area (Å²) >= 11 is 0. The number of aliphatic hydroxyl groups is 1. The minimum absolute atomic E-state index is 0.344. The lowest BCUT2D eigenvalue weighted by Crippen LogP contribution is -2.52. The minimum atomic E-state index is -0.432. The molecule has 0 aliphatic carbocycles. The van der Waals surface area contributed by atoms with E-state index in [0.717, 1.165) is 6.42 Å². The maximum atomic E-state index is 11.5. The first-order valence-corrected chi connectivity index (χ1v) is 5.25. The first kappa shape index (κ1) is 12.0. The van der Waals surface area contributed by atoms with E-state index >= 15 is 0 Å². The highest BCUT2D eigenvalue weighted by Gasteiger charge is 2.29. The molecule has 1 heterocycles. The van der Waals surface area contributed by atoms with Crippen molar-refractivity contribution in [1.29, 1.82) is 0 Å². The Morgan fingerprint density at radius 3 is 2.60 bits per heavy atom. The van der Waals surface area contributed by atoms with Gasteiger partial charge in [0, 0.05) is 26.7 Å². The SMILES string of the molecule is CC(O)CCCN1CCN(C)C(=O)C1=O. The summed E-state index contributed by atoms with van der Waals surface area (Å²) < 4.78 is 0. The Labute approximate surface area is 89.7 Å². The molecule has 5 heteroatoms. The second-order valence-electron chi connectivity index (χ2n) is 4.01. The Hall–Kier alpha value is -1.10. The van der Waals surface area contributed by atoms with Gasteiger partial charge in [-0.1, -0.05) is 0 Å². The molecule has 1 aliphatic rings. The van der Waals surface area contributed by atoms with Gasteiger partial charge in [0.05, 0.1) is 6.10 Å². The van der Waals surface area contributed by atoms with Crippen molar-refractivity contribution < 1.29 is 14.7 Å². The van der Waals surface area contributed by atoms with Gasteiger partial charge in [0.15, 0.2) is 0 Å². The van der Waals surface area contributed by atoms with Crippen LogP contribution in [0.1, 0.15) is 19.8 Å². The van der Waals surface area contributed by atoms with Crippen molar-refractivity contribution in [3.05, 3.63) is 0 Å². The van der Waals surface area contributed by atoms with Crippen molar-refractivity contribution in [1.82, 2.24) is 9.80 Å². The van der Waals surface area contributed by atoms with Crippen LogP contribution >= 0.6 is 0 Å². The van der Waals surface area contributed by atoms with Gasteiger partial charge in [-0.2, -0.15) is 0 Å². The number of hydrogen-bond donors (Lipinski definition) is 1. The number of carbonyl (C=O) groups excluding carboxylic acids is 2. The lowest BCUT2D eigenvalue weighted by molar-refractivity contribution is -0.155. The smallest absolute Gasteiger partial charge is 0.312 e. The summed E-state index contributed by atoms with van der Waals surface area (Å²) in [5.74, 6) is -0.854. The van der Waals surface area contributed by atoms with Gasteiger partial charge < -0.3 is 14.9 Å². The van der Waals surface area contributed by atoms with Crippen LogP contribution in [0, 0.1) is 0 Å². The normalized spacial score (nSPS) is 19.7. The van der Waals surface area contributed by atoms with Gasteiger partial charge in [-0.05, 0) is 19.8 Å². The van der Waals surface area contributed by atoms with Crippen molar-refractivity contribution in [2.24, 2.45) is 0 Å². The van der Waals surface area contributed by atoms with Crippen LogP contribution in [-0.2, 0) is 9.59 Å². The third-order valence-electron chi connectivity index (χ3n) is 2.57. The maximum absolute atomic E-state index is 11.5. The quantitative estimate of drug-likeness (QED) is 0.639. The highest BCUT2D eigenvalue weighted by molar-refractivity contribution is 6.35. The molecular weight excluding hydrogens is 196 g/mol. The van der Waals surface area contributed by atoms with E-state index in [-0.39, 0.29) is 6.10 Å². The molecule has 0 saturated carbocycles. The second kappa shape index (κ2) is 5.11. The molecule has 1 N–H and O–H groups in total. The largest absolute Gasteiger partial charge is 0.393 e. The maximum Gasteiger partial charge on any atom is 0.312 e. The van der Waals surface area contributed by atoms with Crippen LogP contribution < -0.4 is 0 Å². The zero-order valence-corrected chi connectivity index (χ0v) is 9.27. The molecule has 0 spiro atoms. The number of hydrogen-bond acceptors (Lipinski definition) is 3. The van der Waals surface area contributed by atoms with E-state index < -0.39 is 11.8 Å². The Balaban J connectivity index is 2.36. The number of aliphatic hydroxyl groups excluding tert-OH is 1. The summed E-state index contributed by atoms with van der Waals surface area (Å²) in [6, 6.07) is 0. The van der Waals surface area contributed by atoms with E-state index in [1.807, 2.05) is 0 Å². The third-order valence-corrected chi connectivity index (χ3v) is 2.57. The average Bonchev–Trinajstić information content (AvgIpc) is 2.18. The molecule has 1 atom stereocenters. The van der Waals surface area contributed by atoms with E-state index in [1.165, 1.54) is 4.90 Å². The molecule has 15 heavy (non-hydrogen) atoms. The lowest BCUT2D eigenvalue weighted by atomic mass is 10.2. The van der Waals surface area contributed by atoms with Crippen molar-refractivity contribution >= 4 is 11.8 Å². The first-order chi connectivity index (χ1) is 7.02. The van der Waals surface area contributed by atoms with Crippen LogP contribution in [0.15, 0.2) is 0 Å². The Morgan fingerprint density at radius 2 is 2.00 bits per heavy atom. The van der Waals surface area contributed by atoms with Gasteiger partial charge in [-0.3, -0.25) is 9.59 Å². The number of nitrogens with zero attached hydrogens (tertiary/aromatic N) is 2. The van der Waals surface area contributed by atoms with E-state index in [0.29, 0.717) is 26.1 Å². The van der Waals surface area contributed by atoms with Crippen LogP contribution in [0.4, 0.5) is 0 Å². The fourth-order valence-corrected chi connectivity index (χ4v) is 1.56. The fourth-order valence-electron chi connectivity index (χ4n) is 1.56. The van der Waals surface area contributed by atoms with Crippen molar-refractivity contribution in [2.45, 2.75) is 25.9 Å². The lowest BCUT2D eigenvalue weighted by Gasteiger charge is -2.31. The number of amides is 2. The summed E-state index contributed by atoms with van der Waals surface area (Å²) in [5.41, 5.74) is 0. The molecule has 1 saturated heterocycles. The van der Waals surface area contributed by atoms with Gasteiger partial charge in [0.2, 0.25) is 0 Å². The standard InChI is InChI=1S/C10H18N2O3/c1-8(13)4-3-5-12-7-6-11(2)9(14)10(12)15/h8,13H,3-7H2,1-2H3. The van der Waals surface area contributed by atoms with Gasteiger partial charge in [0.1, 0.15) is 0 Å². The third kappa shape index (κ3) is 3.20. The van der Waals surface area contributed by atoms with Crippen LogP contribution in [0.25, 0.3) is 0 Å². The molecule has 0 radical (unpaired) electrons. The van der Waals surface area contributed by atoms with Crippen molar-refractivity contribution in [3.63, 3.8) is 0 Å². The first-order valence-electron chi connectivity index (χ1n) is 5.25. The van der Waals surface area contributed by atoms with E-state index in [4.69, 9.17) is 5.11 Å². The molecule has 0 aromatic rings. The number of likely N-dealkylation sites (N-methyl/N-ethyl adjacent to an activating group) is 1. The number of piperazine rings is 1. The molecule has 1 rings (SSSR count). The topological polar surface area (TPSA) is 60.9 Å². The molecular formula is C10H18N2O3. The summed E-state index contributed by atoms with van der Waals surface area (Å²) in [6.07, 6.45) is 1.05. The highest BCUT2D eigenvalue weighted by atomic mass is 16.3. The molecule has 2 amide bonds. The van der Waals surface area contributed by atoms with Crippen molar-refractivity contribution in [2.75, 3.05) is 26.7 Å². The van der Waals surface area contributed by atoms with Crippen LogP contribution in [-0.4, -0.2) is 59.5 Å². The molecule has 1 aliphatic heterocycles. The molecule has 0 aromatic carbocycles. The molecule has 0 aromatic heterocycles. The molecule has 1 unspecified atom stereocenters. The summed E-state index contributed by atoms with van der Waals surface area (Å²) in [5, 5.41) is 9.06. The summed E-state index contributed by atoms with van der Waals surface area (Å²) in [7, 11) is 1.63. The monoisotopic (exact) mass is 214 g/mol.